The second-order valence-electron chi connectivity index (χ2n) is 27.7. The number of unbranched alkanes of at least 4 members (excludes halogenated alkanes) is 59. The van der Waals surface area contributed by atoms with Crippen LogP contribution in [0.25, 0.3) is 0 Å². The van der Waals surface area contributed by atoms with E-state index < -0.39 is 20.0 Å². The van der Waals surface area contributed by atoms with Crippen LogP contribution in [0.1, 0.15) is 412 Å². The number of phosphoric acid groups is 1. The summed E-state index contributed by atoms with van der Waals surface area (Å²) in [6.07, 6.45) is 86.5. The van der Waals surface area contributed by atoms with E-state index in [2.05, 4.69) is 19.2 Å². The lowest BCUT2D eigenvalue weighted by Gasteiger charge is -2.29. The summed E-state index contributed by atoms with van der Waals surface area (Å²) in [6.45, 7) is 4.73. The number of quaternary nitrogens is 1. The molecule has 0 heterocycles. The summed E-state index contributed by atoms with van der Waals surface area (Å²) < 4.78 is 23.5. The normalized spacial score (nSPS) is 13.6. The highest BCUT2D eigenvalue weighted by Gasteiger charge is 2.23. The van der Waals surface area contributed by atoms with E-state index in [4.69, 9.17) is 9.05 Å². The molecule has 3 unspecified atom stereocenters. The van der Waals surface area contributed by atoms with Crippen LogP contribution in [0.4, 0.5) is 0 Å². The Labute approximate surface area is 526 Å². The minimum atomic E-state index is -4.60. The number of likely N-dealkylation sites (N-methyl/N-ethyl adjacent to an activating group) is 1. The van der Waals surface area contributed by atoms with Crippen molar-refractivity contribution in [2.45, 2.75) is 424 Å². The zero-order valence-electron chi connectivity index (χ0n) is 57.7. The smallest absolute Gasteiger partial charge is 0.268 e. The first-order valence-electron chi connectivity index (χ1n) is 38.1. The van der Waals surface area contributed by atoms with E-state index in [-0.39, 0.29) is 19.1 Å². The average Bonchev–Trinajstić information content (AvgIpc) is 3.56. The Morgan fingerprint density at radius 3 is 0.893 bits per heavy atom. The van der Waals surface area contributed by atoms with Crippen LogP contribution in [-0.4, -0.2) is 68.5 Å². The Kier molecular flexibility index (Phi) is 66.1. The van der Waals surface area contributed by atoms with Crippen LogP contribution < -0.4 is 10.2 Å². The third-order valence-corrected chi connectivity index (χ3v) is 19.0. The largest absolute Gasteiger partial charge is 0.756 e. The molecule has 0 aliphatic rings. The number of carbonyl (C=O) groups excluding carboxylic acids is 1. The van der Waals surface area contributed by atoms with Gasteiger partial charge in [-0.2, -0.15) is 0 Å². The van der Waals surface area contributed by atoms with Crippen LogP contribution in [0, 0.1) is 0 Å². The van der Waals surface area contributed by atoms with Crippen LogP contribution in [-0.2, 0) is 18.4 Å². The molecule has 0 bridgehead atoms. The summed E-state index contributed by atoms with van der Waals surface area (Å²) in [6, 6.07) is -0.884. The van der Waals surface area contributed by atoms with Crippen molar-refractivity contribution in [1.29, 1.82) is 0 Å². The molecule has 0 aromatic rings. The minimum Gasteiger partial charge on any atom is -0.756 e. The maximum absolute atomic E-state index is 13.1. The molecular weight excluding hydrogens is 1060 g/mol. The van der Waals surface area contributed by atoms with Crippen molar-refractivity contribution in [2.24, 2.45) is 0 Å². The van der Waals surface area contributed by atoms with Gasteiger partial charge < -0.3 is 28.8 Å². The summed E-state index contributed by atoms with van der Waals surface area (Å²) in [5.41, 5.74) is 0. The molecule has 0 radical (unpaired) electrons. The van der Waals surface area contributed by atoms with Crippen molar-refractivity contribution < 1.29 is 32.9 Å². The molecule has 0 spiro atoms. The molecule has 3 atom stereocenters. The van der Waals surface area contributed by atoms with Crippen molar-refractivity contribution in [1.82, 2.24) is 5.32 Å². The number of allylic oxidation sites excluding steroid dienone is 1. The average molecular weight is 1210 g/mol. The fourth-order valence-corrected chi connectivity index (χ4v) is 12.8. The fourth-order valence-electron chi connectivity index (χ4n) is 12.1. The van der Waals surface area contributed by atoms with E-state index in [0.29, 0.717) is 17.4 Å². The van der Waals surface area contributed by atoms with Gasteiger partial charge in [0.2, 0.25) is 5.91 Å². The molecule has 0 aromatic carbocycles. The molecule has 9 heteroatoms. The van der Waals surface area contributed by atoms with E-state index in [1.54, 1.807) is 6.08 Å². The van der Waals surface area contributed by atoms with Gasteiger partial charge in [0.1, 0.15) is 13.2 Å². The molecule has 0 saturated carbocycles. The number of rotatable bonds is 72. The number of aliphatic hydroxyl groups is 1. The van der Waals surface area contributed by atoms with Gasteiger partial charge in [0.05, 0.1) is 39.9 Å². The monoisotopic (exact) mass is 1210 g/mol. The van der Waals surface area contributed by atoms with Crippen LogP contribution >= 0.6 is 7.82 Å². The van der Waals surface area contributed by atoms with Crippen molar-refractivity contribution in [2.75, 3.05) is 40.9 Å². The highest BCUT2D eigenvalue weighted by atomic mass is 31.2. The molecule has 502 valence electrons. The number of hydrogen-bond acceptors (Lipinski definition) is 6. The first-order valence-corrected chi connectivity index (χ1v) is 39.5. The lowest BCUT2D eigenvalue weighted by atomic mass is 10.0. The topological polar surface area (TPSA) is 108 Å². The van der Waals surface area contributed by atoms with Crippen molar-refractivity contribution in [3.8, 4) is 0 Å². The fraction of sp³-hybridized carbons (Fsp3) is 0.960. The molecule has 2 N–H and O–H groups in total. The number of amides is 1. The Morgan fingerprint density at radius 2 is 0.643 bits per heavy atom. The quantitative estimate of drug-likeness (QED) is 0.0272. The standard InChI is InChI=1S/C75H151N2O6P/c1-6-8-10-12-14-16-18-20-22-24-26-28-30-32-34-36-37-38-39-40-41-43-45-47-49-51-53-55-57-59-61-63-65-67-69-75(79)76-73(72-83-84(80,81)82-71-70-77(3,4)5)74(78)68-66-64-62-60-58-56-54-52-50-48-46-44-42-35-33-31-29-27-25-23-21-19-17-15-13-11-9-7-2/h66,68,73-74,78H,6-65,67,69-72H2,1-5H3,(H-,76,79,80,81)/b68-66+. The molecule has 84 heavy (non-hydrogen) atoms. The second-order valence-corrected chi connectivity index (χ2v) is 29.1. The molecule has 1 amide bonds. The molecule has 0 aliphatic heterocycles. The van der Waals surface area contributed by atoms with Gasteiger partial charge in [-0.15, -0.1) is 0 Å². The SMILES string of the molecule is CCCCCCCCCCCCCCCCCCCCCCCCCCCC/C=C/C(O)C(COP(=O)([O-])OCC[N+](C)(C)C)NC(=O)CCCCCCCCCCCCCCCCCCCCCCCCCCCCCCCCCCCC. The first kappa shape index (κ1) is 83.2. The third-order valence-electron chi connectivity index (χ3n) is 18.0. The molecule has 8 nitrogen and oxygen atoms in total. The maximum Gasteiger partial charge on any atom is 0.268 e. The highest BCUT2D eigenvalue weighted by Crippen LogP contribution is 2.38. The van der Waals surface area contributed by atoms with E-state index in [0.717, 1.165) is 38.5 Å². The lowest BCUT2D eigenvalue weighted by Crippen LogP contribution is -2.45. The minimum absolute atomic E-state index is 0.00311. The molecular formula is C75H151N2O6P. The Hall–Kier alpha value is -0.760. The molecule has 0 aromatic heterocycles. The van der Waals surface area contributed by atoms with Crippen LogP contribution in [0.2, 0.25) is 0 Å². The molecule has 0 fully saturated rings. The van der Waals surface area contributed by atoms with E-state index >= 15 is 0 Å². The van der Waals surface area contributed by atoms with Gasteiger partial charge in [0.15, 0.2) is 0 Å². The van der Waals surface area contributed by atoms with Gasteiger partial charge in [-0.05, 0) is 19.3 Å². The highest BCUT2D eigenvalue weighted by molar-refractivity contribution is 7.45. The number of nitrogens with zero attached hydrogens (tertiary/aromatic N) is 1. The lowest BCUT2D eigenvalue weighted by molar-refractivity contribution is -0.870. The summed E-state index contributed by atoms with van der Waals surface area (Å²) in [5.74, 6) is -0.186. The number of carbonyl (C=O) groups is 1. The number of hydrogen-bond donors (Lipinski definition) is 2. The summed E-state index contributed by atoms with van der Waals surface area (Å²) in [5, 5.41) is 14.0. The zero-order valence-corrected chi connectivity index (χ0v) is 58.5. The Bertz CT molecular complexity index is 1370. The van der Waals surface area contributed by atoms with Crippen LogP contribution in [0.5, 0.6) is 0 Å². The van der Waals surface area contributed by atoms with Crippen LogP contribution in [0.3, 0.4) is 0 Å². The summed E-state index contributed by atoms with van der Waals surface area (Å²) in [4.78, 5) is 25.7. The maximum atomic E-state index is 13.1. The second kappa shape index (κ2) is 66.7. The first-order chi connectivity index (χ1) is 41.0. The van der Waals surface area contributed by atoms with E-state index in [9.17, 15) is 19.4 Å². The Balaban J connectivity index is 3.96. The molecule has 0 rings (SSSR count). The predicted octanol–water partition coefficient (Wildman–Crippen LogP) is 23.8. The van der Waals surface area contributed by atoms with Gasteiger partial charge in [-0.1, -0.05) is 398 Å². The van der Waals surface area contributed by atoms with Gasteiger partial charge in [0.25, 0.3) is 7.82 Å². The number of aliphatic hydroxyl groups excluding tert-OH is 1. The summed E-state index contributed by atoms with van der Waals surface area (Å²) >= 11 is 0. The third kappa shape index (κ3) is 68.7. The van der Waals surface area contributed by atoms with Crippen molar-refractivity contribution in [3.05, 3.63) is 12.2 Å². The number of nitrogens with one attached hydrogen (secondary N) is 1. The zero-order chi connectivity index (χ0) is 61.2. The molecule has 0 aliphatic carbocycles. The van der Waals surface area contributed by atoms with Crippen molar-refractivity contribution in [3.63, 3.8) is 0 Å². The van der Waals surface area contributed by atoms with E-state index in [1.807, 2.05) is 27.2 Å². The van der Waals surface area contributed by atoms with Crippen molar-refractivity contribution >= 4 is 13.7 Å². The number of phosphoric ester groups is 1. The predicted molar refractivity (Wildman–Crippen MR) is 367 cm³/mol. The van der Waals surface area contributed by atoms with Gasteiger partial charge >= 0.3 is 0 Å². The molecule has 0 saturated heterocycles. The summed E-state index contributed by atoms with van der Waals surface area (Å²) in [7, 11) is 1.29. The Morgan fingerprint density at radius 1 is 0.405 bits per heavy atom. The van der Waals surface area contributed by atoms with Gasteiger partial charge in [0, 0.05) is 6.42 Å². The van der Waals surface area contributed by atoms with Gasteiger partial charge in [-0.3, -0.25) is 9.36 Å². The van der Waals surface area contributed by atoms with Crippen LogP contribution in [0.15, 0.2) is 12.2 Å². The van der Waals surface area contributed by atoms with Gasteiger partial charge in [-0.25, -0.2) is 0 Å². The van der Waals surface area contributed by atoms with E-state index in [1.165, 1.54) is 353 Å².